The second-order valence-corrected chi connectivity index (χ2v) is 9.05. The average molecular weight is 431 g/mol. The van der Waals surface area contributed by atoms with Crippen molar-refractivity contribution < 1.29 is 13.2 Å². The fourth-order valence-electron chi connectivity index (χ4n) is 3.43. The molecular formula is C21H26N4O4S. The van der Waals surface area contributed by atoms with Crippen LogP contribution in [0.25, 0.3) is 0 Å². The van der Waals surface area contributed by atoms with Gasteiger partial charge in [-0.1, -0.05) is 31.9 Å². The fourth-order valence-corrected chi connectivity index (χ4v) is 4.67. The number of H-pyrrole nitrogens is 1. The third-order valence-electron chi connectivity index (χ3n) is 5.01. The van der Waals surface area contributed by atoms with Gasteiger partial charge in [-0.25, -0.2) is 8.42 Å². The van der Waals surface area contributed by atoms with E-state index >= 15 is 0 Å². The molecule has 1 aromatic heterocycles. The summed E-state index contributed by atoms with van der Waals surface area (Å²) in [4.78, 5) is 32.4. The first-order valence-electron chi connectivity index (χ1n) is 9.90. The number of benzene rings is 1. The summed E-state index contributed by atoms with van der Waals surface area (Å²) in [7, 11) is -3.68. The molecule has 3 N–H and O–H groups in total. The Labute approximate surface area is 175 Å². The number of nitrogens with zero attached hydrogens (tertiary/aromatic N) is 1. The molecule has 0 spiro atoms. The van der Waals surface area contributed by atoms with E-state index in [0.717, 1.165) is 24.1 Å². The zero-order valence-electron chi connectivity index (χ0n) is 17.3. The standard InChI is InChI=1S/C21H26N4O4S/c1-4-5-9-17(21(27)22-12-16-13(2)11-14(3)23-20(16)26)24-19-15-8-6-7-10-18(15)30(28,29)25-19/h6-8,10-11,17H,4-5,9,12H2,1-3H3,(H,22,27)(H,23,26)(H,24,25)/t17-/m0/s1. The maximum Gasteiger partial charge on any atom is 0.263 e. The highest BCUT2D eigenvalue weighted by Gasteiger charge is 2.31. The predicted molar refractivity (Wildman–Crippen MR) is 115 cm³/mol. The quantitative estimate of drug-likeness (QED) is 0.621. The molecule has 2 heterocycles. The van der Waals surface area contributed by atoms with Crippen molar-refractivity contribution in [1.82, 2.24) is 15.0 Å². The van der Waals surface area contributed by atoms with Crippen LogP contribution in [0.2, 0.25) is 0 Å². The Morgan fingerprint density at radius 3 is 2.67 bits per heavy atom. The molecule has 0 aliphatic carbocycles. The molecule has 160 valence electrons. The lowest BCUT2D eigenvalue weighted by atomic mass is 10.1. The number of nitrogens with one attached hydrogen (secondary N) is 3. The van der Waals surface area contributed by atoms with E-state index in [1.54, 1.807) is 25.1 Å². The van der Waals surface area contributed by atoms with Crippen molar-refractivity contribution in [2.45, 2.75) is 57.5 Å². The van der Waals surface area contributed by atoms with E-state index in [4.69, 9.17) is 0 Å². The van der Waals surface area contributed by atoms with Crippen LogP contribution < -0.4 is 15.6 Å². The van der Waals surface area contributed by atoms with E-state index in [1.807, 2.05) is 19.9 Å². The van der Waals surface area contributed by atoms with Crippen molar-refractivity contribution in [3.05, 3.63) is 63.1 Å². The van der Waals surface area contributed by atoms with E-state index in [9.17, 15) is 18.0 Å². The Hall–Kier alpha value is -2.94. The molecule has 0 saturated heterocycles. The lowest BCUT2D eigenvalue weighted by molar-refractivity contribution is -0.122. The first-order valence-corrected chi connectivity index (χ1v) is 11.4. The van der Waals surface area contributed by atoms with E-state index in [0.29, 0.717) is 17.5 Å². The normalized spacial score (nSPS) is 16.7. The van der Waals surface area contributed by atoms with Gasteiger partial charge in [-0.2, -0.15) is 0 Å². The van der Waals surface area contributed by atoms with Gasteiger partial charge in [0.15, 0.2) is 0 Å². The van der Waals surface area contributed by atoms with Crippen molar-refractivity contribution in [2.75, 3.05) is 0 Å². The second-order valence-electron chi connectivity index (χ2n) is 7.40. The summed E-state index contributed by atoms with van der Waals surface area (Å²) in [6.45, 7) is 5.71. The van der Waals surface area contributed by atoms with Gasteiger partial charge in [0.1, 0.15) is 11.9 Å². The molecule has 3 rings (SSSR count). The number of rotatable bonds is 7. The topological polar surface area (TPSA) is 120 Å². The molecule has 1 atom stereocenters. The average Bonchev–Trinajstić information content (AvgIpc) is 2.94. The third-order valence-corrected chi connectivity index (χ3v) is 6.41. The molecule has 0 fully saturated rings. The minimum Gasteiger partial charge on any atom is -0.350 e. The molecule has 2 aromatic rings. The highest BCUT2D eigenvalue weighted by Crippen LogP contribution is 2.23. The minimum absolute atomic E-state index is 0.0794. The number of unbranched alkanes of at least 4 members (excludes halogenated alkanes) is 1. The smallest absolute Gasteiger partial charge is 0.263 e. The van der Waals surface area contributed by atoms with E-state index in [2.05, 4.69) is 20.0 Å². The van der Waals surface area contributed by atoms with Crippen molar-refractivity contribution in [2.24, 2.45) is 4.99 Å². The Bertz CT molecular complexity index is 1150. The number of amidine groups is 1. The van der Waals surface area contributed by atoms with Gasteiger partial charge in [0, 0.05) is 23.4 Å². The van der Waals surface area contributed by atoms with Crippen molar-refractivity contribution >= 4 is 21.8 Å². The van der Waals surface area contributed by atoms with Crippen LogP contribution in [-0.4, -0.2) is 31.2 Å². The SMILES string of the molecule is CCCC[C@H](N=C1NS(=O)(=O)c2ccccc21)C(=O)NCc1c(C)cc(C)[nH]c1=O. The lowest BCUT2D eigenvalue weighted by Crippen LogP contribution is -2.36. The molecule has 0 saturated carbocycles. The largest absolute Gasteiger partial charge is 0.350 e. The molecule has 1 aromatic carbocycles. The Morgan fingerprint density at radius 2 is 1.97 bits per heavy atom. The molecule has 1 aliphatic heterocycles. The number of aliphatic imine (C=N–C) groups is 1. The van der Waals surface area contributed by atoms with Crippen LogP contribution >= 0.6 is 0 Å². The van der Waals surface area contributed by atoms with Gasteiger partial charge in [-0.05, 0) is 44.0 Å². The van der Waals surface area contributed by atoms with E-state index in [-0.39, 0.29) is 28.7 Å². The van der Waals surface area contributed by atoms with Gasteiger partial charge in [0.25, 0.3) is 15.6 Å². The Balaban J connectivity index is 1.84. The van der Waals surface area contributed by atoms with Crippen LogP contribution in [0.3, 0.4) is 0 Å². The molecule has 1 aliphatic rings. The Kier molecular flexibility index (Phi) is 6.40. The monoisotopic (exact) mass is 430 g/mol. The van der Waals surface area contributed by atoms with Crippen LogP contribution in [0.4, 0.5) is 0 Å². The maximum atomic E-state index is 12.9. The lowest BCUT2D eigenvalue weighted by Gasteiger charge is -2.14. The number of aryl methyl sites for hydroxylation is 2. The summed E-state index contributed by atoms with van der Waals surface area (Å²) in [5.74, 6) is -0.176. The Morgan fingerprint density at radius 1 is 1.23 bits per heavy atom. The number of sulfonamides is 1. The van der Waals surface area contributed by atoms with Gasteiger partial charge in [-0.15, -0.1) is 0 Å². The van der Waals surface area contributed by atoms with Gasteiger partial charge in [0.2, 0.25) is 5.91 Å². The first kappa shape index (κ1) is 21.8. The van der Waals surface area contributed by atoms with Gasteiger partial charge in [-0.3, -0.25) is 19.3 Å². The zero-order chi connectivity index (χ0) is 21.9. The number of hydrogen-bond donors (Lipinski definition) is 3. The molecule has 0 radical (unpaired) electrons. The van der Waals surface area contributed by atoms with Crippen molar-refractivity contribution in [1.29, 1.82) is 0 Å². The highest BCUT2D eigenvalue weighted by molar-refractivity contribution is 7.90. The zero-order valence-corrected chi connectivity index (χ0v) is 18.1. The van der Waals surface area contributed by atoms with Gasteiger partial charge < -0.3 is 10.3 Å². The van der Waals surface area contributed by atoms with Crippen LogP contribution in [0, 0.1) is 13.8 Å². The molecule has 8 nitrogen and oxygen atoms in total. The fraction of sp³-hybridized carbons (Fsp3) is 0.381. The van der Waals surface area contributed by atoms with E-state index < -0.39 is 16.1 Å². The molecule has 0 unspecified atom stereocenters. The van der Waals surface area contributed by atoms with Gasteiger partial charge >= 0.3 is 0 Å². The summed E-state index contributed by atoms with van der Waals surface area (Å²) >= 11 is 0. The van der Waals surface area contributed by atoms with Crippen LogP contribution in [0.5, 0.6) is 0 Å². The number of fused-ring (bicyclic) bond motifs is 1. The number of amides is 1. The maximum absolute atomic E-state index is 12.9. The summed E-state index contributed by atoms with van der Waals surface area (Å²) < 4.78 is 27.1. The predicted octanol–water partition coefficient (Wildman–Crippen LogP) is 1.91. The summed E-state index contributed by atoms with van der Waals surface area (Å²) in [6.07, 6.45) is 2.10. The second kappa shape index (κ2) is 8.83. The molecule has 9 heteroatoms. The van der Waals surface area contributed by atoms with Crippen LogP contribution in [-0.2, 0) is 21.4 Å². The highest BCUT2D eigenvalue weighted by atomic mass is 32.2. The summed E-state index contributed by atoms with van der Waals surface area (Å²) in [6, 6.07) is 7.62. The number of carbonyl (C=O) groups is 1. The molecule has 30 heavy (non-hydrogen) atoms. The van der Waals surface area contributed by atoms with Crippen LogP contribution in [0.15, 0.2) is 45.0 Å². The number of hydrogen-bond acceptors (Lipinski definition) is 5. The van der Waals surface area contributed by atoms with Gasteiger partial charge in [0.05, 0.1) is 4.90 Å². The minimum atomic E-state index is -3.68. The molecular weight excluding hydrogens is 404 g/mol. The number of aromatic nitrogens is 1. The van der Waals surface area contributed by atoms with Crippen molar-refractivity contribution in [3.8, 4) is 0 Å². The third kappa shape index (κ3) is 4.62. The van der Waals surface area contributed by atoms with Crippen molar-refractivity contribution in [3.63, 3.8) is 0 Å². The number of aromatic amines is 1. The first-order chi connectivity index (χ1) is 14.2. The molecule has 0 bridgehead atoms. The van der Waals surface area contributed by atoms with Crippen LogP contribution in [0.1, 0.15) is 48.6 Å². The number of pyridine rings is 1. The summed E-state index contributed by atoms with van der Waals surface area (Å²) in [5, 5.41) is 2.78. The number of carbonyl (C=O) groups excluding carboxylic acids is 1. The molecule has 1 amide bonds. The summed E-state index contributed by atoms with van der Waals surface area (Å²) in [5.41, 5.74) is 2.26. The van der Waals surface area contributed by atoms with E-state index in [1.165, 1.54) is 6.07 Å².